The Bertz CT molecular complexity index is 611. The molecule has 1 N–H and O–H groups in total. The van der Waals surface area contributed by atoms with E-state index in [1.807, 2.05) is 0 Å². The molecule has 2 nitrogen and oxygen atoms in total. The molecule has 5 heteroatoms. The van der Waals surface area contributed by atoms with E-state index in [1.165, 1.54) is 24.3 Å². The second-order valence-corrected chi connectivity index (χ2v) is 3.99. The standard InChI is InChI=1S/C13H10F3NO/c1-8-6-11(18)7-12(17-8)9-2-4-10(5-3-9)13(14,15)16/h2-7H,1H3,(H,17,18). The average molecular weight is 253 g/mol. The van der Waals surface area contributed by atoms with Crippen LogP contribution in [0.3, 0.4) is 0 Å². The minimum atomic E-state index is -4.35. The zero-order valence-electron chi connectivity index (χ0n) is 9.51. The summed E-state index contributed by atoms with van der Waals surface area (Å²) in [6.07, 6.45) is -4.35. The molecule has 0 aliphatic carbocycles. The van der Waals surface area contributed by atoms with E-state index in [0.717, 1.165) is 12.1 Å². The molecule has 0 spiro atoms. The van der Waals surface area contributed by atoms with Crippen molar-refractivity contribution in [2.75, 3.05) is 0 Å². The molecule has 94 valence electrons. The summed E-state index contributed by atoms with van der Waals surface area (Å²) in [7, 11) is 0. The van der Waals surface area contributed by atoms with E-state index in [2.05, 4.69) is 4.98 Å². The Balaban J connectivity index is 2.43. The maximum Gasteiger partial charge on any atom is 0.416 e. The number of hydrogen-bond donors (Lipinski definition) is 1. The number of aromatic nitrogens is 1. The average Bonchev–Trinajstić information content (AvgIpc) is 2.27. The summed E-state index contributed by atoms with van der Waals surface area (Å²) in [5.74, 6) is 0. The highest BCUT2D eigenvalue weighted by Gasteiger charge is 2.29. The maximum absolute atomic E-state index is 12.4. The van der Waals surface area contributed by atoms with E-state index in [1.54, 1.807) is 6.92 Å². The monoisotopic (exact) mass is 253 g/mol. The summed E-state index contributed by atoms with van der Waals surface area (Å²) >= 11 is 0. The molecular weight excluding hydrogens is 243 g/mol. The Kier molecular flexibility index (Phi) is 2.98. The molecule has 0 atom stereocenters. The highest BCUT2D eigenvalue weighted by Crippen LogP contribution is 2.30. The molecule has 0 fully saturated rings. The van der Waals surface area contributed by atoms with Crippen LogP contribution in [0.2, 0.25) is 0 Å². The first-order chi connectivity index (χ1) is 8.36. The van der Waals surface area contributed by atoms with Crippen LogP contribution in [0.1, 0.15) is 11.3 Å². The lowest BCUT2D eigenvalue weighted by Crippen LogP contribution is -2.05. The van der Waals surface area contributed by atoms with Crippen molar-refractivity contribution in [3.8, 4) is 11.3 Å². The van der Waals surface area contributed by atoms with Crippen LogP contribution in [-0.2, 0) is 6.18 Å². The molecule has 0 saturated heterocycles. The lowest BCUT2D eigenvalue weighted by Gasteiger charge is -2.08. The maximum atomic E-state index is 12.4. The van der Waals surface area contributed by atoms with E-state index >= 15 is 0 Å². The molecule has 1 heterocycles. The Morgan fingerprint density at radius 3 is 2.17 bits per heavy atom. The third kappa shape index (κ3) is 2.61. The second-order valence-electron chi connectivity index (χ2n) is 3.99. The number of H-pyrrole nitrogens is 1. The van der Waals surface area contributed by atoms with Crippen LogP contribution in [0.15, 0.2) is 41.2 Å². The van der Waals surface area contributed by atoms with Crippen molar-refractivity contribution in [2.24, 2.45) is 0 Å². The number of rotatable bonds is 1. The molecule has 0 radical (unpaired) electrons. The number of alkyl halides is 3. The smallest absolute Gasteiger partial charge is 0.358 e. The van der Waals surface area contributed by atoms with Crippen LogP contribution >= 0.6 is 0 Å². The van der Waals surface area contributed by atoms with E-state index < -0.39 is 11.7 Å². The molecular formula is C13H10F3NO. The predicted octanol–water partition coefficient (Wildman–Crippen LogP) is 3.37. The zero-order chi connectivity index (χ0) is 13.3. The number of nitrogens with one attached hydrogen (secondary N) is 1. The Morgan fingerprint density at radius 2 is 1.67 bits per heavy atom. The minimum absolute atomic E-state index is 0.179. The minimum Gasteiger partial charge on any atom is -0.358 e. The van der Waals surface area contributed by atoms with Crippen LogP contribution in [0.25, 0.3) is 11.3 Å². The van der Waals surface area contributed by atoms with Gasteiger partial charge in [0.1, 0.15) is 0 Å². The van der Waals surface area contributed by atoms with Crippen molar-refractivity contribution in [1.29, 1.82) is 0 Å². The number of benzene rings is 1. The molecule has 0 amide bonds. The van der Waals surface area contributed by atoms with Gasteiger partial charge in [-0.1, -0.05) is 12.1 Å². The lowest BCUT2D eigenvalue weighted by molar-refractivity contribution is -0.137. The number of aromatic amines is 1. The highest BCUT2D eigenvalue weighted by atomic mass is 19.4. The van der Waals surface area contributed by atoms with Crippen molar-refractivity contribution in [1.82, 2.24) is 4.98 Å². The fraction of sp³-hybridized carbons (Fsp3) is 0.154. The van der Waals surface area contributed by atoms with Crippen LogP contribution in [0.5, 0.6) is 0 Å². The fourth-order valence-electron chi connectivity index (χ4n) is 1.68. The third-order valence-corrected chi connectivity index (χ3v) is 2.50. The fourth-order valence-corrected chi connectivity index (χ4v) is 1.68. The van der Waals surface area contributed by atoms with E-state index in [0.29, 0.717) is 17.0 Å². The quantitative estimate of drug-likeness (QED) is 0.830. The normalized spacial score (nSPS) is 11.6. The lowest BCUT2D eigenvalue weighted by atomic mass is 10.1. The summed E-state index contributed by atoms with van der Waals surface area (Å²) in [5.41, 5.74) is 0.831. The van der Waals surface area contributed by atoms with Gasteiger partial charge in [-0.2, -0.15) is 13.2 Å². The SMILES string of the molecule is Cc1cc(=O)cc(-c2ccc(C(F)(F)F)cc2)[nH]1. The van der Waals surface area contributed by atoms with Crippen molar-refractivity contribution in [2.45, 2.75) is 13.1 Å². The van der Waals surface area contributed by atoms with Crippen LogP contribution in [0, 0.1) is 6.92 Å². The molecule has 0 bridgehead atoms. The first-order valence-electron chi connectivity index (χ1n) is 5.25. The number of hydrogen-bond acceptors (Lipinski definition) is 1. The van der Waals surface area contributed by atoms with Crippen molar-refractivity contribution < 1.29 is 13.2 Å². The first kappa shape index (κ1) is 12.4. The van der Waals surface area contributed by atoms with Crippen molar-refractivity contribution >= 4 is 0 Å². The summed E-state index contributed by atoms with van der Waals surface area (Å²) in [6, 6.07) is 7.45. The van der Waals surface area contributed by atoms with Gasteiger partial charge in [0.05, 0.1) is 5.56 Å². The Hall–Kier alpha value is -2.04. The van der Waals surface area contributed by atoms with Gasteiger partial charge in [-0.05, 0) is 24.6 Å². The summed E-state index contributed by atoms with van der Waals surface area (Å²) in [6.45, 7) is 1.72. The van der Waals surface area contributed by atoms with Crippen molar-refractivity contribution in [3.63, 3.8) is 0 Å². The van der Waals surface area contributed by atoms with Crippen LogP contribution in [0.4, 0.5) is 13.2 Å². The topological polar surface area (TPSA) is 32.9 Å². The molecule has 1 aromatic heterocycles. The first-order valence-corrected chi connectivity index (χ1v) is 5.25. The number of halogens is 3. The van der Waals surface area contributed by atoms with E-state index in [9.17, 15) is 18.0 Å². The zero-order valence-corrected chi connectivity index (χ0v) is 9.51. The molecule has 0 saturated carbocycles. The molecule has 0 aliphatic rings. The van der Waals surface area contributed by atoms with Gasteiger partial charge in [0.2, 0.25) is 0 Å². The molecule has 1 aromatic carbocycles. The molecule has 0 unspecified atom stereocenters. The van der Waals surface area contributed by atoms with E-state index in [4.69, 9.17) is 0 Å². The van der Waals surface area contributed by atoms with Gasteiger partial charge >= 0.3 is 6.18 Å². The number of pyridine rings is 1. The summed E-state index contributed by atoms with van der Waals surface area (Å²) in [5, 5.41) is 0. The summed E-state index contributed by atoms with van der Waals surface area (Å²) in [4.78, 5) is 14.3. The van der Waals surface area contributed by atoms with Crippen molar-refractivity contribution in [3.05, 3.63) is 57.9 Å². The second kappa shape index (κ2) is 4.33. The summed E-state index contributed by atoms with van der Waals surface area (Å²) < 4.78 is 37.2. The molecule has 18 heavy (non-hydrogen) atoms. The Labute approximate surface area is 101 Å². The van der Waals surface area contributed by atoms with E-state index in [-0.39, 0.29) is 5.43 Å². The largest absolute Gasteiger partial charge is 0.416 e. The van der Waals surface area contributed by atoms with Crippen LogP contribution < -0.4 is 5.43 Å². The number of aryl methyl sites for hydroxylation is 1. The third-order valence-electron chi connectivity index (χ3n) is 2.50. The highest BCUT2D eigenvalue weighted by molar-refractivity contribution is 5.59. The van der Waals surface area contributed by atoms with Gasteiger partial charge < -0.3 is 4.98 Å². The van der Waals surface area contributed by atoms with Gasteiger partial charge in [-0.25, -0.2) is 0 Å². The molecule has 2 aromatic rings. The molecule has 0 aliphatic heterocycles. The van der Waals surface area contributed by atoms with Gasteiger partial charge in [0.25, 0.3) is 0 Å². The predicted molar refractivity (Wildman–Crippen MR) is 62.2 cm³/mol. The van der Waals surface area contributed by atoms with Gasteiger partial charge in [-0.3, -0.25) is 4.79 Å². The Morgan fingerprint density at radius 1 is 1.06 bits per heavy atom. The van der Waals surface area contributed by atoms with Crippen LogP contribution in [-0.4, -0.2) is 4.98 Å². The van der Waals surface area contributed by atoms with Gasteiger partial charge in [-0.15, -0.1) is 0 Å². The van der Waals surface area contributed by atoms with Gasteiger partial charge in [0, 0.05) is 23.5 Å². The molecule has 2 rings (SSSR count). The van der Waals surface area contributed by atoms with Gasteiger partial charge in [0.15, 0.2) is 5.43 Å².